The fourth-order valence-electron chi connectivity index (χ4n) is 1.69. The van der Waals surface area contributed by atoms with Crippen molar-refractivity contribution in [3.05, 3.63) is 22.2 Å². The zero-order valence-electron chi connectivity index (χ0n) is 11.8. The van der Waals surface area contributed by atoms with E-state index in [1.165, 1.54) is 5.56 Å². The zero-order chi connectivity index (χ0) is 13.5. The lowest BCUT2D eigenvalue weighted by atomic mass is 10.2. The summed E-state index contributed by atoms with van der Waals surface area (Å²) in [7, 11) is 7.35. The monoisotopic (exact) mass is 352 g/mol. The van der Waals surface area contributed by atoms with Gasteiger partial charge in [-0.1, -0.05) is 15.9 Å². The van der Waals surface area contributed by atoms with Crippen LogP contribution in [0.4, 0.5) is 0 Å². The van der Waals surface area contributed by atoms with E-state index in [0.717, 1.165) is 35.6 Å². The Balaban J connectivity index is 0.00000324. The molecule has 0 spiro atoms. The highest BCUT2D eigenvalue weighted by atomic mass is 79.9. The van der Waals surface area contributed by atoms with Crippen LogP contribution in [0.2, 0.25) is 0 Å². The minimum absolute atomic E-state index is 0. The van der Waals surface area contributed by atoms with Gasteiger partial charge in [0.05, 0.1) is 14.2 Å². The smallest absolute Gasteiger partial charge is 0.161 e. The highest BCUT2D eigenvalue weighted by Crippen LogP contribution is 2.33. The molecule has 4 nitrogen and oxygen atoms in total. The van der Waals surface area contributed by atoms with Gasteiger partial charge < -0.3 is 19.7 Å². The molecule has 6 heteroatoms. The number of ether oxygens (including phenoxy) is 2. The van der Waals surface area contributed by atoms with Crippen LogP contribution in [-0.2, 0) is 6.54 Å². The summed E-state index contributed by atoms with van der Waals surface area (Å²) in [6.07, 6.45) is 0. The van der Waals surface area contributed by atoms with Gasteiger partial charge in [-0.2, -0.15) is 0 Å². The summed E-state index contributed by atoms with van der Waals surface area (Å²) < 4.78 is 11.6. The van der Waals surface area contributed by atoms with E-state index >= 15 is 0 Å². The molecule has 1 rings (SSSR count). The van der Waals surface area contributed by atoms with Gasteiger partial charge in [0.2, 0.25) is 0 Å². The van der Waals surface area contributed by atoms with E-state index in [9.17, 15) is 0 Å². The van der Waals surface area contributed by atoms with E-state index in [0.29, 0.717) is 0 Å². The third kappa shape index (κ3) is 5.57. The van der Waals surface area contributed by atoms with E-state index in [1.54, 1.807) is 14.2 Å². The number of nitrogens with zero attached hydrogens (tertiary/aromatic N) is 1. The first-order valence-electron chi connectivity index (χ1n) is 5.86. The number of nitrogens with one attached hydrogen (secondary N) is 1. The van der Waals surface area contributed by atoms with E-state index in [4.69, 9.17) is 9.47 Å². The SMILES string of the molecule is CNCCN(C)Cc1cc(OC)c(OC)cc1Br.Cl. The van der Waals surface area contributed by atoms with Gasteiger partial charge in [-0.15, -0.1) is 12.4 Å². The van der Waals surface area contributed by atoms with Gasteiger partial charge in [0.1, 0.15) is 0 Å². The van der Waals surface area contributed by atoms with Crippen molar-refractivity contribution in [1.29, 1.82) is 0 Å². The minimum Gasteiger partial charge on any atom is -0.493 e. The molecule has 0 fully saturated rings. The molecule has 0 aliphatic heterocycles. The van der Waals surface area contributed by atoms with Gasteiger partial charge in [-0.05, 0) is 31.8 Å². The maximum absolute atomic E-state index is 5.32. The van der Waals surface area contributed by atoms with Gasteiger partial charge in [0, 0.05) is 24.1 Å². The Morgan fingerprint density at radius 1 is 1.21 bits per heavy atom. The molecule has 0 amide bonds. The van der Waals surface area contributed by atoms with Crippen LogP contribution in [-0.4, -0.2) is 46.3 Å². The first-order chi connectivity index (χ1) is 8.62. The Hall–Kier alpha value is -0.490. The molecule has 0 atom stereocenters. The van der Waals surface area contributed by atoms with Crippen LogP contribution in [0.3, 0.4) is 0 Å². The summed E-state index contributed by atoms with van der Waals surface area (Å²) in [6, 6.07) is 3.96. The summed E-state index contributed by atoms with van der Waals surface area (Å²) >= 11 is 3.57. The van der Waals surface area contributed by atoms with Crippen molar-refractivity contribution >= 4 is 28.3 Å². The van der Waals surface area contributed by atoms with Crippen molar-refractivity contribution in [2.75, 3.05) is 41.4 Å². The molecule has 0 heterocycles. The van der Waals surface area contributed by atoms with Crippen molar-refractivity contribution in [1.82, 2.24) is 10.2 Å². The molecule has 1 N–H and O–H groups in total. The maximum atomic E-state index is 5.32. The molecule has 0 aliphatic rings. The van der Waals surface area contributed by atoms with Crippen molar-refractivity contribution in [2.24, 2.45) is 0 Å². The molecule has 0 saturated carbocycles. The second-order valence-corrected chi connectivity index (χ2v) is 4.99. The van der Waals surface area contributed by atoms with Crippen molar-refractivity contribution < 1.29 is 9.47 Å². The fraction of sp³-hybridized carbons (Fsp3) is 0.538. The molecule has 0 unspecified atom stereocenters. The molecule has 19 heavy (non-hydrogen) atoms. The Kier molecular flexibility index (Phi) is 9.18. The lowest BCUT2D eigenvalue weighted by Gasteiger charge is -2.18. The van der Waals surface area contributed by atoms with Crippen molar-refractivity contribution in [3.8, 4) is 11.5 Å². The largest absolute Gasteiger partial charge is 0.493 e. The van der Waals surface area contributed by atoms with Gasteiger partial charge in [0.25, 0.3) is 0 Å². The maximum Gasteiger partial charge on any atom is 0.161 e. The van der Waals surface area contributed by atoms with Crippen molar-refractivity contribution in [3.63, 3.8) is 0 Å². The number of rotatable bonds is 7. The molecule has 110 valence electrons. The first kappa shape index (κ1) is 18.5. The predicted octanol–water partition coefficient (Wildman–Crippen LogP) is 2.54. The molecular formula is C13H22BrClN2O2. The lowest BCUT2D eigenvalue weighted by Crippen LogP contribution is -2.27. The summed E-state index contributed by atoms with van der Waals surface area (Å²) in [5, 5.41) is 3.14. The Labute approximate surface area is 130 Å². The highest BCUT2D eigenvalue weighted by molar-refractivity contribution is 9.10. The topological polar surface area (TPSA) is 33.7 Å². The second-order valence-electron chi connectivity index (χ2n) is 4.14. The van der Waals surface area contributed by atoms with E-state index < -0.39 is 0 Å². The minimum atomic E-state index is 0. The number of halogens is 2. The van der Waals surface area contributed by atoms with Crippen LogP contribution in [0, 0.1) is 0 Å². The average Bonchev–Trinajstić information content (AvgIpc) is 2.38. The third-order valence-electron chi connectivity index (χ3n) is 2.74. The Morgan fingerprint density at radius 2 is 1.79 bits per heavy atom. The van der Waals surface area contributed by atoms with Crippen LogP contribution in [0.25, 0.3) is 0 Å². The van der Waals surface area contributed by atoms with E-state index in [2.05, 4.69) is 33.2 Å². The number of likely N-dealkylation sites (N-methyl/N-ethyl adjacent to an activating group) is 2. The highest BCUT2D eigenvalue weighted by Gasteiger charge is 2.10. The normalized spacial score (nSPS) is 10.2. The van der Waals surface area contributed by atoms with E-state index in [-0.39, 0.29) is 12.4 Å². The molecule has 1 aromatic carbocycles. The fourth-order valence-corrected chi connectivity index (χ4v) is 2.14. The number of methoxy groups -OCH3 is 2. The summed E-state index contributed by atoms with van der Waals surface area (Å²) in [5.41, 5.74) is 1.19. The summed E-state index contributed by atoms with van der Waals surface area (Å²) in [6.45, 7) is 2.83. The number of benzene rings is 1. The van der Waals surface area contributed by atoms with Crippen LogP contribution in [0.1, 0.15) is 5.56 Å². The standard InChI is InChI=1S/C13H21BrN2O2.ClH/c1-15-5-6-16(2)9-10-7-12(17-3)13(18-4)8-11(10)14;/h7-8,15H,5-6,9H2,1-4H3;1H. The molecule has 1 aromatic rings. The summed E-state index contributed by atoms with van der Waals surface area (Å²) in [5.74, 6) is 1.50. The second kappa shape index (κ2) is 9.42. The molecule has 0 aliphatic carbocycles. The van der Waals surface area contributed by atoms with Crippen molar-refractivity contribution in [2.45, 2.75) is 6.54 Å². The summed E-state index contributed by atoms with van der Waals surface area (Å²) in [4.78, 5) is 2.25. The molecule has 0 bridgehead atoms. The van der Waals surface area contributed by atoms with Gasteiger partial charge in [-0.3, -0.25) is 0 Å². The van der Waals surface area contributed by atoms with Crippen LogP contribution in [0.5, 0.6) is 11.5 Å². The van der Waals surface area contributed by atoms with Crippen LogP contribution >= 0.6 is 28.3 Å². The first-order valence-corrected chi connectivity index (χ1v) is 6.65. The van der Waals surface area contributed by atoms with Gasteiger partial charge in [0.15, 0.2) is 11.5 Å². The van der Waals surface area contributed by atoms with Crippen LogP contribution < -0.4 is 14.8 Å². The average molecular weight is 354 g/mol. The van der Waals surface area contributed by atoms with Gasteiger partial charge in [-0.25, -0.2) is 0 Å². The van der Waals surface area contributed by atoms with Gasteiger partial charge >= 0.3 is 0 Å². The Morgan fingerprint density at radius 3 is 2.32 bits per heavy atom. The zero-order valence-corrected chi connectivity index (χ0v) is 14.2. The third-order valence-corrected chi connectivity index (χ3v) is 3.47. The Bertz CT molecular complexity index is 391. The molecule has 0 radical (unpaired) electrons. The molecular weight excluding hydrogens is 332 g/mol. The number of hydrogen-bond acceptors (Lipinski definition) is 4. The quantitative estimate of drug-likeness (QED) is 0.817. The molecule has 0 aromatic heterocycles. The number of hydrogen-bond donors (Lipinski definition) is 1. The van der Waals surface area contributed by atoms with Crippen LogP contribution in [0.15, 0.2) is 16.6 Å². The predicted molar refractivity (Wildman–Crippen MR) is 84.8 cm³/mol. The molecule has 0 saturated heterocycles. The van der Waals surface area contributed by atoms with E-state index in [1.807, 2.05) is 19.2 Å². The lowest BCUT2D eigenvalue weighted by molar-refractivity contribution is 0.324.